The number of nitrogens with one attached hydrogen (secondary N) is 2. The highest BCUT2D eigenvalue weighted by Gasteiger charge is 2.23. The van der Waals surface area contributed by atoms with Crippen LogP contribution in [0.3, 0.4) is 0 Å². The van der Waals surface area contributed by atoms with Crippen LogP contribution in [-0.2, 0) is 12.8 Å². The lowest BCUT2D eigenvalue weighted by molar-refractivity contribution is 0.580. The molecule has 1 unspecified atom stereocenters. The van der Waals surface area contributed by atoms with Crippen molar-refractivity contribution in [3.05, 3.63) is 46.2 Å². The summed E-state index contributed by atoms with van der Waals surface area (Å²) >= 11 is 1.55. The first-order valence-electron chi connectivity index (χ1n) is 6.47. The average Bonchev–Trinajstić information content (AvgIpc) is 2.79. The monoisotopic (exact) mass is 370 g/mol. The number of fused-ring (bicyclic) bond motifs is 1. The number of anilines is 1. The molecule has 0 spiro atoms. The fraction of sp³-hybridized carbons (Fsp3) is 0.286. The smallest absolute Gasteiger partial charge is 0.192 e. The zero-order valence-corrected chi connectivity index (χ0v) is 13.8. The van der Waals surface area contributed by atoms with Crippen molar-refractivity contribution < 1.29 is 4.39 Å². The Morgan fingerprint density at radius 3 is 2.76 bits per heavy atom. The number of nitrogens with zero attached hydrogens (tertiary/aromatic N) is 1. The largest absolute Gasteiger partial charge is 0.370 e. The third kappa shape index (κ3) is 3.59. The van der Waals surface area contributed by atoms with E-state index in [9.17, 15) is 4.39 Å². The molecule has 1 aliphatic rings. The first-order valence-corrected chi connectivity index (χ1v) is 7.28. The Bertz CT molecular complexity index is 641. The van der Waals surface area contributed by atoms with E-state index in [-0.39, 0.29) is 28.8 Å². The highest BCUT2D eigenvalue weighted by Crippen LogP contribution is 2.36. The maximum Gasteiger partial charge on any atom is 0.192 e. The molecule has 4 nitrogen and oxygen atoms in total. The summed E-state index contributed by atoms with van der Waals surface area (Å²) in [7, 11) is 0. The van der Waals surface area contributed by atoms with Crippen molar-refractivity contribution in [3.63, 3.8) is 0 Å². The molecule has 0 saturated heterocycles. The molecule has 0 amide bonds. The minimum absolute atomic E-state index is 0. The van der Waals surface area contributed by atoms with Crippen molar-refractivity contribution in [3.8, 4) is 0 Å². The maximum absolute atomic E-state index is 13.0. The SMILES string of the molecule is Br.N=C(N)Nc1nc2c(s1)CC(c1ccc(F)cc1)CC2. The van der Waals surface area contributed by atoms with Gasteiger partial charge in [0, 0.05) is 4.88 Å². The van der Waals surface area contributed by atoms with Gasteiger partial charge in [0.2, 0.25) is 0 Å². The molecule has 0 saturated carbocycles. The van der Waals surface area contributed by atoms with Crippen molar-refractivity contribution >= 4 is 39.4 Å². The van der Waals surface area contributed by atoms with E-state index in [1.165, 1.54) is 22.6 Å². The van der Waals surface area contributed by atoms with Gasteiger partial charge in [0.05, 0.1) is 5.69 Å². The number of hydrogen-bond donors (Lipinski definition) is 3. The van der Waals surface area contributed by atoms with E-state index in [0.29, 0.717) is 11.0 Å². The predicted molar refractivity (Wildman–Crippen MR) is 89.1 cm³/mol. The number of guanidine groups is 1. The van der Waals surface area contributed by atoms with Gasteiger partial charge in [-0.25, -0.2) is 9.37 Å². The van der Waals surface area contributed by atoms with Crippen LogP contribution in [0, 0.1) is 11.2 Å². The van der Waals surface area contributed by atoms with Crippen LogP contribution in [0.5, 0.6) is 0 Å². The van der Waals surface area contributed by atoms with Crippen LogP contribution in [0.25, 0.3) is 0 Å². The van der Waals surface area contributed by atoms with E-state index in [1.54, 1.807) is 11.3 Å². The number of aryl methyl sites for hydroxylation is 1. The molecule has 1 aromatic heterocycles. The number of nitrogens with two attached hydrogens (primary N) is 1. The molecule has 1 aromatic carbocycles. The lowest BCUT2D eigenvalue weighted by Crippen LogP contribution is -2.20. The summed E-state index contributed by atoms with van der Waals surface area (Å²) in [5, 5.41) is 10.7. The summed E-state index contributed by atoms with van der Waals surface area (Å²) < 4.78 is 13.0. The van der Waals surface area contributed by atoms with Crippen LogP contribution in [0.1, 0.15) is 28.5 Å². The van der Waals surface area contributed by atoms with Gasteiger partial charge >= 0.3 is 0 Å². The second-order valence-electron chi connectivity index (χ2n) is 4.92. The van der Waals surface area contributed by atoms with Crippen molar-refractivity contribution in [2.24, 2.45) is 5.73 Å². The minimum Gasteiger partial charge on any atom is -0.370 e. The molecule has 1 aliphatic carbocycles. The fourth-order valence-corrected chi connectivity index (χ4v) is 3.66. The highest BCUT2D eigenvalue weighted by molar-refractivity contribution is 8.93. The molecular formula is C14H16BrFN4S. The fourth-order valence-electron chi connectivity index (χ4n) is 2.56. The van der Waals surface area contributed by atoms with Gasteiger partial charge < -0.3 is 11.1 Å². The van der Waals surface area contributed by atoms with Gasteiger partial charge in [0.15, 0.2) is 11.1 Å². The lowest BCUT2D eigenvalue weighted by Gasteiger charge is -2.21. The third-order valence-corrected chi connectivity index (χ3v) is 4.56. The Morgan fingerprint density at radius 1 is 1.38 bits per heavy atom. The number of aromatic nitrogens is 1. The Labute approximate surface area is 136 Å². The number of benzene rings is 1. The van der Waals surface area contributed by atoms with E-state index in [0.717, 1.165) is 25.0 Å². The quantitative estimate of drug-likeness (QED) is 0.559. The van der Waals surface area contributed by atoms with Crippen LogP contribution in [0.2, 0.25) is 0 Å². The molecule has 0 aliphatic heterocycles. The van der Waals surface area contributed by atoms with Crippen molar-refractivity contribution in [2.45, 2.75) is 25.2 Å². The normalized spacial score (nSPS) is 16.7. The molecule has 4 N–H and O–H groups in total. The highest BCUT2D eigenvalue weighted by atomic mass is 79.9. The first-order chi connectivity index (χ1) is 9.61. The third-order valence-electron chi connectivity index (χ3n) is 3.52. The predicted octanol–water partition coefficient (Wildman–Crippen LogP) is 3.44. The van der Waals surface area contributed by atoms with Gasteiger partial charge in [-0.1, -0.05) is 12.1 Å². The standard InChI is InChI=1S/C14H15FN4S.BrH/c15-10-4-1-8(2-5-10)9-3-6-11-12(7-9)20-14(18-11)19-13(16)17;/h1-2,4-5,9H,3,6-7H2,(H4,16,17,18,19);1H. The van der Waals surface area contributed by atoms with Crippen LogP contribution < -0.4 is 11.1 Å². The van der Waals surface area contributed by atoms with Crippen molar-refractivity contribution in [1.29, 1.82) is 5.41 Å². The Kier molecular flexibility index (Phi) is 4.95. The molecule has 1 heterocycles. The minimum atomic E-state index is -0.198. The molecule has 0 fully saturated rings. The average molecular weight is 371 g/mol. The summed E-state index contributed by atoms with van der Waals surface area (Å²) in [4.78, 5) is 5.69. The Balaban J connectivity index is 0.00000161. The summed E-state index contributed by atoms with van der Waals surface area (Å²) in [6, 6.07) is 6.75. The van der Waals surface area contributed by atoms with E-state index in [1.807, 2.05) is 12.1 Å². The second kappa shape index (κ2) is 6.53. The number of halogens is 2. The maximum atomic E-state index is 13.0. The van der Waals surface area contributed by atoms with Gasteiger partial charge in [-0.05, 0) is 42.9 Å². The summed E-state index contributed by atoms with van der Waals surface area (Å²) in [5.74, 6) is 0.121. The van der Waals surface area contributed by atoms with Gasteiger partial charge in [-0.3, -0.25) is 5.41 Å². The van der Waals surface area contributed by atoms with Crippen LogP contribution in [0.4, 0.5) is 9.52 Å². The second-order valence-corrected chi connectivity index (χ2v) is 6.00. The zero-order valence-electron chi connectivity index (χ0n) is 11.2. The van der Waals surface area contributed by atoms with Crippen LogP contribution in [-0.4, -0.2) is 10.9 Å². The lowest BCUT2D eigenvalue weighted by atomic mass is 9.85. The summed E-state index contributed by atoms with van der Waals surface area (Å²) in [5.41, 5.74) is 7.59. The van der Waals surface area contributed by atoms with E-state index in [4.69, 9.17) is 11.1 Å². The molecule has 0 bridgehead atoms. The molecule has 1 atom stereocenters. The van der Waals surface area contributed by atoms with Gasteiger partial charge in [0.1, 0.15) is 5.82 Å². The van der Waals surface area contributed by atoms with Gasteiger partial charge in [-0.15, -0.1) is 28.3 Å². The van der Waals surface area contributed by atoms with Crippen LogP contribution >= 0.6 is 28.3 Å². The Hall–Kier alpha value is -1.47. The molecule has 112 valence electrons. The van der Waals surface area contributed by atoms with Gasteiger partial charge in [-0.2, -0.15) is 0 Å². The zero-order chi connectivity index (χ0) is 14.1. The van der Waals surface area contributed by atoms with E-state index < -0.39 is 0 Å². The molecule has 21 heavy (non-hydrogen) atoms. The molecule has 7 heteroatoms. The van der Waals surface area contributed by atoms with Crippen molar-refractivity contribution in [1.82, 2.24) is 4.98 Å². The summed E-state index contributed by atoms with van der Waals surface area (Å²) in [6.07, 6.45) is 2.84. The molecule has 3 rings (SSSR count). The first kappa shape index (κ1) is 15.9. The Morgan fingerprint density at radius 2 is 2.10 bits per heavy atom. The topological polar surface area (TPSA) is 74.8 Å². The number of hydrogen-bond acceptors (Lipinski definition) is 3. The molecule has 0 radical (unpaired) electrons. The van der Waals surface area contributed by atoms with Crippen molar-refractivity contribution in [2.75, 3.05) is 5.32 Å². The molecular weight excluding hydrogens is 355 g/mol. The van der Waals surface area contributed by atoms with Crippen LogP contribution in [0.15, 0.2) is 24.3 Å². The van der Waals surface area contributed by atoms with Gasteiger partial charge in [0.25, 0.3) is 0 Å². The van der Waals surface area contributed by atoms with E-state index in [2.05, 4.69) is 10.3 Å². The number of thiazole rings is 1. The number of rotatable bonds is 2. The summed E-state index contributed by atoms with van der Waals surface area (Å²) in [6.45, 7) is 0. The molecule has 2 aromatic rings. The van der Waals surface area contributed by atoms with E-state index >= 15 is 0 Å².